The highest BCUT2D eigenvalue weighted by molar-refractivity contribution is 6.30. The zero-order chi connectivity index (χ0) is 24.3. The number of fused-ring (bicyclic) bond motifs is 2. The molecule has 1 aromatic carbocycles. The minimum Gasteiger partial charge on any atom is -0.503 e. The van der Waals surface area contributed by atoms with Gasteiger partial charge < -0.3 is 24.6 Å². The summed E-state index contributed by atoms with van der Waals surface area (Å²) in [6.45, 7) is 2.36. The number of hydrogen-bond acceptors (Lipinski definition) is 5. The molecule has 2 unspecified atom stereocenters. The van der Waals surface area contributed by atoms with E-state index in [9.17, 15) is 28.3 Å². The summed E-state index contributed by atoms with van der Waals surface area (Å²) in [5.41, 5.74) is -1.59. The molecular formula is C23H22ClF2N3O5. The summed E-state index contributed by atoms with van der Waals surface area (Å²) >= 11 is 5.57. The Morgan fingerprint density at radius 3 is 2.82 bits per heavy atom. The van der Waals surface area contributed by atoms with Gasteiger partial charge in [0.1, 0.15) is 22.2 Å². The normalized spacial score (nSPS) is 25.5. The van der Waals surface area contributed by atoms with Gasteiger partial charge in [0.05, 0.1) is 24.8 Å². The number of hydrogen-bond donors (Lipinski definition) is 2. The highest BCUT2D eigenvalue weighted by Crippen LogP contribution is 2.45. The van der Waals surface area contributed by atoms with E-state index in [4.69, 9.17) is 16.3 Å². The topological polar surface area (TPSA) is 101 Å². The monoisotopic (exact) mass is 493 g/mol. The van der Waals surface area contributed by atoms with Gasteiger partial charge in [-0.15, -0.1) is 0 Å². The fraction of sp³-hybridized carbons (Fsp3) is 0.435. The second-order valence-electron chi connectivity index (χ2n) is 8.99. The molecule has 0 radical (unpaired) electrons. The van der Waals surface area contributed by atoms with Crippen LogP contribution in [0.2, 0.25) is 5.02 Å². The lowest BCUT2D eigenvalue weighted by Crippen LogP contribution is -2.53. The van der Waals surface area contributed by atoms with Crippen molar-refractivity contribution in [2.75, 3.05) is 13.2 Å². The van der Waals surface area contributed by atoms with Crippen molar-refractivity contribution in [3.8, 4) is 5.75 Å². The number of nitrogens with zero attached hydrogens (tertiary/aromatic N) is 2. The molecule has 180 valence electrons. The first-order valence-corrected chi connectivity index (χ1v) is 11.4. The molecule has 2 amide bonds. The second-order valence-corrected chi connectivity index (χ2v) is 9.37. The van der Waals surface area contributed by atoms with Gasteiger partial charge in [-0.3, -0.25) is 14.4 Å². The van der Waals surface area contributed by atoms with Crippen molar-refractivity contribution in [3.05, 3.63) is 62.0 Å². The molecule has 1 saturated heterocycles. The lowest BCUT2D eigenvalue weighted by Gasteiger charge is -2.41. The Labute approximate surface area is 198 Å². The van der Waals surface area contributed by atoms with Gasteiger partial charge in [-0.25, -0.2) is 8.78 Å². The van der Waals surface area contributed by atoms with Crippen molar-refractivity contribution in [2.24, 2.45) is 5.92 Å². The zero-order valence-corrected chi connectivity index (χ0v) is 18.9. The van der Waals surface area contributed by atoms with Gasteiger partial charge in [0.15, 0.2) is 11.4 Å². The molecule has 0 bridgehead atoms. The summed E-state index contributed by atoms with van der Waals surface area (Å²) in [5, 5.41) is 12.4. The highest BCUT2D eigenvalue weighted by Gasteiger charge is 2.50. The van der Waals surface area contributed by atoms with Gasteiger partial charge in [0.25, 0.3) is 11.8 Å². The number of carbonyl (C=O) groups excluding carboxylic acids is 2. The SMILES string of the molecule is C[C@H]1CN2C(=O)c3c(O)c(=O)c(C(=O)NCc4ccc(F)c(Cl)c4F)cn3[C@@H]3CCC(CO1)C32. The third kappa shape index (κ3) is 3.47. The van der Waals surface area contributed by atoms with Crippen LogP contribution in [0.1, 0.15) is 52.2 Å². The number of ether oxygens (including phenoxy) is 1. The van der Waals surface area contributed by atoms with Gasteiger partial charge in [0.2, 0.25) is 5.43 Å². The summed E-state index contributed by atoms with van der Waals surface area (Å²) < 4.78 is 34.9. The first-order valence-electron chi connectivity index (χ1n) is 11.0. The molecule has 2 aliphatic heterocycles. The molecule has 8 nitrogen and oxygen atoms in total. The van der Waals surface area contributed by atoms with Gasteiger partial charge in [-0.1, -0.05) is 17.7 Å². The van der Waals surface area contributed by atoms with Crippen molar-refractivity contribution >= 4 is 23.4 Å². The molecule has 1 saturated carbocycles. The van der Waals surface area contributed by atoms with E-state index in [0.717, 1.165) is 18.6 Å². The van der Waals surface area contributed by atoms with Crippen LogP contribution >= 0.6 is 11.6 Å². The average Bonchev–Trinajstić information content (AvgIpc) is 3.16. The first kappa shape index (κ1) is 22.8. The van der Waals surface area contributed by atoms with Crippen LogP contribution in [0.3, 0.4) is 0 Å². The summed E-state index contributed by atoms with van der Waals surface area (Å²) in [4.78, 5) is 40.6. The fourth-order valence-electron chi connectivity index (χ4n) is 5.31. The molecule has 11 heteroatoms. The van der Waals surface area contributed by atoms with Gasteiger partial charge in [-0.2, -0.15) is 0 Å². The quantitative estimate of drug-likeness (QED) is 0.640. The minimum absolute atomic E-state index is 0.0703. The second kappa shape index (κ2) is 8.35. The first-order chi connectivity index (χ1) is 16.2. The van der Waals surface area contributed by atoms with Crippen molar-refractivity contribution in [3.63, 3.8) is 0 Å². The minimum atomic E-state index is -1.01. The van der Waals surface area contributed by atoms with Gasteiger partial charge >= 0.3 is 0 Å². The van der Waals surface area contributed by atoms with Crippen molar-refractivity contribution in [2.45, 2.75) is 44.5 Å². The molecule has 34 heavy (non-hydrogen) atoms. The van der Waals surface area contributed by atoms with Crippen molar-refractivity contribution in [1.82, 2.24) is 14.8 Å². The predicted octanol–water partition coefficient (Wildman–Crippen LogP) is 2.61. The molecule has 4 atom stereocenters. The molecule has 3 aliphatic rings. The van der Waals surface area contributed by atoms with E-state index < -0.39 is 39.6 Å². The number of pyridine rings is 1. The third-order valence-corrected chi connectivity index (χ3v) is 7.30. The lowest BCUT2D eigenvalue weighted by atomic mass is 9.96. The number of carbonyl (C=O) groups is 2. The maximum absolute atomic E-state index is 14.2. The van der Waals surface area contributed by atoms with Crippen LogP contribution in [0.4, 0.5) is 8.78 Å². The van der Waals surface area contributed by atoms with Crippen LogP contribution in [0.25, 0.3) is 0 Å². The maximum atomic E-state index is 14.2. The molecular weight excluding hydrogens is 472 g/mol. The number of rotatable bonds is 3. The Morgan fingerprint density at radius 2 is 2.06 bits per heavy atom. The number of amides is 2. The highest BCUT2D eigenvalue weighted by atomic mass is 35.5. The van der Waals surface area contributed by atoms with Crippen LogP contribution in [0, 0.1) is 17.6 Å². The molecule has 3 heterocycles. The Kier molecular flexibility index (Phi) is 5.60. The van der Waals surface area contributed by atoms with Crippen LogP contribution in [0.5, 0.6) is 5.75 Å². The molecule has 1 aromatic heterocycles. The molecule has 2 aromatic rings. The van der Waals surface area contributed by atoms with E-state index >= 15 is 0 Å². The summed E-state index contributed by atoms with van der Waals surface area (Å²) in [7, 11) is 0. The largest absolute Gasteiger partial charge is 0.503 e. The van der Waals surface area contributed by atoms with E-state index in [1.165, 1.54) is 10.8 Å². The zero-order valence-electron chi connectivity index (χ0n) is 18.2. The standard InChI is InChI=1S/C23H22ClF2N3O5/c1-10-7-29-18-12(9-34-10)3-5-15(18)28-8-13(20(30)21(31)19(28)23(29)33)22(32)27-6-11-2-4-14(25)16(24)17(11)26/h2,4,8,10,12,15,18,31H,3,5-7,9H2,1H3,(H,27,32)/t10-,12?,15+,18?/m0/s1. The lowest BCUT2D eigenvalue weighted by molar-refractivity contribution is 0.0425. The van der Waals surface area contributed by atoms with E-state index in [1.807, 2.05) is 6.92 Å². The fourth-order valence-corrected chi connectivity index (χ4v) is 5.49. The summed E-state index contributed by atoms with van der Waals surface area (Å²) in [6, 6.07) is 1.71. The number of aromatic nitrogens is 1. The van der Waals surface area contributed by atoms with E-state index in [-0.39, 0.29) is 47.5 Å². The number of halogens is 3. The molecule has 2 fully saturated rings. The van der Waals surface area contributed by atoms with Crippen molar-refractivity contribution in [1.29, 1.82) is 0 Å². The van der Waals surface area contributed by atoms with Crippen LogP contribution in [-0.4, -0.2) is 51.7 Å². The summed E-state index contributed by atoms with van der Waals surface area (Å²) in [6.07, 6.45) is 2.59. The molecule has 5 rings (SSSR count). The molecule has 0 spiro atoms. The van der Waals surface area contributed by atoms with Crippen LogP contribution in [-0.2, 0) is 11.3 Å². The van der Waals surface area contributed by atoms with Crippen molar-refractivity contribution < 1.29 is 28.2 Å². The third-order valence-electron chi connectivity index (χ3n) is 6.95. The van der Waals surface area contributed by atoms with Gasteiger partial charge in [-0.05, 0) is 25.8 Å². The number of benzene rings is 1. The van der Waals surface area contributed by atoms with E-state index in [0.29, 0.717) is 19.6 Å². The summed E-state index contributed by atoms with van der Waals surface area (Å²) in [5.74, 6) is -3.98. The average molecular weight is 494 g/mol. The number of nitrogens with one attached hydrogen (secondary N) is 1. The Balaban J connectivity index is 1.49. The smallest absolute Gasteiger partial charge is 0.274 e. The Bertz CT molecular complexity index is 1270. The maximum Gasteiger partial charge on any atom is 0.274 e. The predicted molar refractivity (Wildman–Crippen MR) is 117 cm³/mol. The van der Waals surface area contributed by atoms with Gasteiger partial charge in [0, 0.05) is 30.8 Å². The Hall–Kier alpha value is -2.98. The Morgan fingerprint density at radius 1 is 1.29 bits per heavy atom. The van der Waals surface area contributed by atoms with E-state index in [2.05, 4.69) is 5.32 Å². The van der Waals surface area contributed by atoms with Crippen LogP contribution < -0.4 is 10.7 Å². The van der Waals surface area contributed by atoms with E-state index in [1.54, 1.807) is 4.90 Å². The van der Waals surface area contributed by atoms with Crippen LogP contribution in [0.15, 0.2) is 23.1 Å². The number of aromatic hydroxyl groups is 1. The molecule has 2 N–H and O–H groups in total. The molecule has 1 aliphatic carbocycles.